The van der Waals surface area contributed by atoms with Crippen LogP contribution in [-0.2, 0) is 17.8 Å². The number of nitrogens with zero attached hydrogens (tertiary/aromatic N) is 3. The summed E-state index contributed by atoms with van der Waals surface area (Å²) >= 11 is 0. The Balaban J connectivity index is 1.57. The van der Waals surface area contributed by atoms with Crippen molar-refractivity contribution in [1.82, 2.24) is 9.80 Å². The summed E-state index contributed by atoms with van der Waals surface area (Å²) in [4.78, 5) is 40.2. The minimum absolute atomic E-state index is 0.0166. The molecule has 0 bridgehead atoms. The van der Waals surface area contributed by atoms with Crippen molar-refractivity contribution in [3.8, 4) is 5.75 Å². The van der Waals surface area contributed by atoms with Gasteiger partial charge in [0.1, 0.15) is 5.75 Å². The van der Waals surface area contributed by atoms with E-state index in [1.54, 1.807) is 44.1 Å². The zero-order chi connectivity index (χ0) is 28.3. The largest absolute Gasteiger partial charge is 0.481 e. The minimum Gasteiger partial charge on any atom is -0.481 e. The van der Waals surface area contributed by atoms with Crippen molar-refractivity contribution >= 4 is 23.2 Å². The third-order valence-corrected chi connectivity index (χ3v) is 6.84. The SMILES string of the molecule is Cc1cc(C)cc(C(=O)N2Cc3cc([N+](=O)[O-])ccc3CC2CNc2cccc(OC(C)C(=O)N(C)C)c2)c1. The van der Waals surface area contributed by atoms with Crippen LogP contribution in [0.1, 0.15) is 39.5 Å². The van der Waals surface area contributed by atoms with Crippen LogP contribution in [0.15, 0.2) is 60.7 Å². The van der Waals surface area contributed by atoms with Gasteiger partial charge < -0.3 is 19.9 Å². The average Bonchev–Trinajstić information content (AvgIpc) is 2.89. The van der Waals surface area contributed by atoms with Crippen LogP contribution in [0, 0.1) is 24.0 Å². The van der Waals surface area contributed by atoms with Crippen LogP contribution in [0.25, 0.3) is 0 Å². The highest BCUT2D eigenvalue weighted by molar-refractivity contribution is 5.95. The van der Waals surface area contributed by atoms with Crippen molar-refractivity contribution in [3.63, 3.8) is 0 Å². The summed E-state index contributed by atoms with van der Waals surface area (Å²) in [5.41, 5.74) is 5.19. The molecule has 3 aromatic carbocycles. The van der Waals surface area contributed by atoms with Crippen molar-refractivity contribution in [3.05, 3.63) is 98.6 Å². The maximum Gasteiger partial charge on any atom is 0.269 e. The Morgan fingerprint density at radius 2 is 1.79 bits per heavy atom. The van der Waals surface area contributed by atoms with E-state index >= 15 is 0 Å². The van der Waals surface area contributed by atoms with Gasteiger partial charge in [-0.2, -0.15) is 0 Å². The standard InChI is InChI=1S/C30H34N4O5/c1-19-11-20(2)13-23(12-19)30(36)33-18-24-15-26(34(37)38)10-9-22(24)14-27(33)17-31-25-7-6-8-28(16-25)39-21(3)29(35)32(4)5/h6-13,15-16,21,27,31H,14,17-18H2,1-5H3. The summed E-state index contributed by atoms with van der Waals surface area (Å²) in [6, 6.07) is 17.8. The maximum atomic E-state index is 13.8. The van der Waals surface area contributed by atoms with Gasteiger partial charge in [-0.05, 0) is 62.6 Å². The summed E-state index contributed by atoms with van der Waals surface area (Å²) in [6.07, 6.45) is -0.0680. The number of aryl methyl sites for hydroxylation is 2. The van der Waals surface area contributed by atoms with Gasteiger partial charge in [0, 0.05) is 56.6 Å². The molecule has 2 unspecified atom stereocenters. The van der Waals surface area contributed by atoms with Crippen LogP contribution in [0.5, 0.6) is 5.75 Å². The molecule has 0 saturated heterocycles. The van der Waals surface area contributed by atoms with E-state index in [2.05, 4.69) is 5.32 Å². The quantitative estimate of drug-likeness (QED) is 0.333. The number of hydrogen-bond acceptors (Lipinski definition) is 6. The summed E-state index contributed by atoms with van der Waals surface area (Å²) < 4.78 is 5.84. The Hall–Kier alpha value is -4.40. The molecule has 1 N–H and O–H groups in total. The molecule has 0 fully saturated rings. The summed E-state index contributed by atoms with van der Waals surface area (Å²) in [5.74, 6) is 0.320. The van der Waals surface area contributed by atoms with Gasteiger partial charge in [0.2, 0.25) is 0 Å². The van der Waals surface area contributed by atoms with E-state index in [0.29, 0.717) is 24.3 Å². The first-order valence-corrected chi connectivity index (χ1v) is 12.9. The topological polar surface area (TPSA) is 105 Å². The lowest BCUT2D eigenvalue weighted by Gasteiger charge is -2.37. The van der Waals surface area contributed by atoms with Gasteiger partial charge in [-0.15, -0.1) is 0 Å². The van der Waals surface area contributed by atoms with Gasteiger partial charge in [-0.25, -0.2) is 0 Å². The number of ether oxygens (including phenoxy) is 1. The van der Waals surface area contributed by atoms with Crippen molar-refractivity contribution in [2.45, 2.75) is 45.9 Å². The van der Waals surface area contributed by atoms with Crippen molar-refractivity contribution in [1.29, 1.82) is 0 Å². The van der Waals surface area contributed by atoms with Crippen LogP contribution in [0.3, 0.4) is 0 Å². The molecule has 2 atom stereocenters. The summed E-state index contributed by atoms with van der Waals surface area (Å²) in [7, 11) is 3.37. The lowest BCUT2D eigenvalue weighted by Crippen LogP contribution is -2.47. The molecule has 1 heterocycles. The number of nitro groups is 1. The smallest absolute Gasteiger partial charge is 0.269 e. The van der Waals surface area contributed by atoms with Crippen molar-refractivity contribution < 1.29 is 19.2 Å². The monoisotopic (exact) mass is 530 g/mol. The minimum atomic E-state index is -0.625. The number of rotatable bonds is 8. The molecule has 0 spiro atoms. The van der Waals surface area contributed by atoms with Gasteiger partial charge in [-0.1, -0.05) is 29.3 Å². The molecule has 0 aliphatic carbocycles. The van der Waals surface area contributed by atoms with Crippen LogP contribution in [0.4, 0.5) is 11.4 Å². The number of carbonyl (C=O) groups is 2. The summed E-state index contributed by atoms with van der Waals surface area (Å²) in [6.45, 7) is 6.37. The number of amides is 2. The van der Waals surface area contributed by atoms with Gasteiger partial charge in [0.25, 0.3) is 17.5 Å². The maximum absolute atomic E-state index is 13.8. The zero-order valence-electron chi connectivity index (χ0n) is 22.9. The van der Waals surface area contributed by atoms with Gasteiger partial charge >= 0.3 is 0 Å². The Morgan fingerprint density at radius 1 is 1.08 bits per heavy atom. The number of carbonyl (C=O) groups excluding carboxylic acids is 2. The van der Waals surface area contributed by atoms with Crippen LogP contribution >= 0.6 is 0 Å². The van der Waals surface area contributed by atoms with E-state index in [1.807, 2.05) is 50.2 Å². The third-order valence-electron chi connectivity index (χ3n) is 6.84. The van der Waals surface area contributed by atoms with E-state index in [0.717, 1.165) is 27.9 Å². The van der Waals surface area contributed by atoms with E-state index < -0.39 is 11.0 Å². The van der Waals surface area contributed by atoms with Crippen LogP contribution in [0.2, 0.25) is 0 Å². The molecule has 9 nitrogen and oxygen atoms in total. The number of anilines is 1. The zero-order valence-corrected chi connectivity index (χ0v) is 22.9. The number of fused-ring (bicyclic) bond motifs is 1. The molecule has 0 saturated carbocycles. The highest BCUT2D eigenvalue weighted by Crippen LogP contribution is 2.29. The molecule has 204 valence electrons. The van der Waals surface area contributed by atoms with E-state index in [9.17, 15) is 19.7 Å². The highest BCUT2D eigenvalue weighted by atomic mass is 16.6. The Bertz CT molecular complexity index is 1380. The molecular formula is C30H34N4O5. The molecule has 1 aliphatic heterocycles. The average molecular weight is 531 g/mol. The number of nitro benzene ring substituents is 1. The molecule has 0 aromatic heterocycles. The van der Waals surface area contributed by atoms with Gasteiger partial charge in [-0.3, -0.25) is 19.7 Å². The second-order valence-corrected chi connectivity index (χ2v) is 10.3. The number of likely N-dealkylation sites (N-methyl/N-ethyl adjacent to an activating group) is 1. The molecule has 4 rings (SSSR count). The number of benzene rings is 3. The number of hydrogen-bond donors (Lipinski definition) is 1. The normalized spacial score (nSPS) is 15.2. The molecule has 2 amide bonds. The predicted molar refractivity (Wildman–Crippen MR) is 150 cm³/mol. The van der Waals surface area contributed by atoms with Crippen LogP contribution in [-0.4, -0.2) is 59.3 Å². The third kappa shape index (κ3) is 6.54. The number of nitrogens with one attached hydrogen (secondary N) is 1. The molecule has 9 heteroatoms. The lowest BCUT2D eigenvalue weighted by molar-refractivity contribution is -0.385. The first-order chi connectivity index (χ1) is 18.5. The predicted octanol–water partition coefficient (Wildman–Crippen LogP) is 4.75. The fraction of sp³-hybridized carbons (Fsp3) is 0.333. The molecule has 3 aromatic rings. The molecule has 0 radical (unpaired) electrons. The van der Waals surface area contributed by atoms with E-state index in [4.69, 9.17) is 4.74 Å². The molecule has 39 heavy (non-hydrogen) atoms. The fourth-order valence-electron chi connectivity index (χ4n) is 4.97. The first-order valence-electron chi connectivity index (χ1n) is 12.9. The molecular weight excluding hydrogens is 496 g/mol. The van der Waals surface area contributed by atoms with E-state index in [-0.39, 0.29) is 30.1 Å². The molecule has 1 aliphatic rings. The fourth-order valence-corrected chi connectivity index (χ4v) is 4.97. The highest BCUT2D eigenvalue weighted by Gasteiger charge is 2.31. The van der Waals surface area contributed by atoms with Crippen molar-refractivity contribution in [2.24, 2.45) is 0 Å². The van der Waals surface area contributed by atoms with Crippen LogP contribution < -0.4 is 10.1 Å². The van der Waals surface area contributed by atoms with Gasteiger partial charge in [0.05, 0.1) is 11.0 Å². The van der Waals surface area contributed by atoms with Crippen molar-refractivity contribution in [2.75, 3.05) is 26.0 Å². The second kappa shape index (κ2) is 11.6. The first kappa shape index (κ1) is 27.6. The Morgan fingerprint density at radius 3 is 2.46 bits per heavy atom. The summed E-state index contributed by atoms with van der Waals surface area (Å²) in [5, 5.41) is 14.8. The Kier molecular flexibility index (Phi) is 8.18. The number of non-ortho nitro benzene ring substituents is 1. The second-order valence-electron chi connectivity index (χ2n) is 10.3. The lowest BCUT2D eigenvalue weighted by atomic mass is 9.92. The Labute approximate surface area is 228 Å². The van der Waals surface area contributed by atoms with E-state index in [1.165, 1.54) is 11.0 Å². The van der Waals surface area contributed by atoms with Gasteiger partial charge in [0.15, 0.2) is 6.10 Å².